The van der Waals surface area contributed by atoms with Crippen LogP contribution in [0.25, 0.3) is 5.65 Å². The van der Waals surface area contributed by atoms with Gasteiger partial charge in [-0.1, -0.05) is 18.2 Å². The Morgan fingerprint density at radius 2 is 1.78 bits per heavy atom. The van der Waals surface area contributed by atoms with E-state index >= 15 is 0 Å². The molecule has 1 aromatic carbocycles. The third-order valence-corrected chi connectivity index (χ3v) is 4.51. The van der Waals surface area contributed by atoms with Crippen LogP contribution in [0.2, 0.25) is 0 Å². The maximum atomic E-state index is 13.1. The second-order valence-corrected chi connectivity index (χ2v) is 6.39. The van der Waals surface area contributed by atoms with Gasteiger partial charge in [-0.05, 0) is 38.0 Å². The maximum Gasteiger partial charge on any atom is 0.453 e. The number of halogens is 3. The SMILES string of the molecule is Cc1c(NCCCN(C)c2ccccc2)nn2c(C(F)(F)F)nnc2c1C. The van der Waals surface area contributed by atoms with Gasteiger partial charge in [-0.3, -0.25) is 0 Å². The van der Waals surface area contributed by atoms with Crippen LogP contribution in [0.15, 0.2) is 30.3 Å². The summed E-state index contributed by atoms with van der Waals surface area (Å²) in [6.45, 7) is 4.91. The first-order chi connectivity index (χ1) is 12.8. The number of hydrogen-bond donors (Lipinski definition) is 1. The molecule has 0 aliphatic rings. The third kappa shape index (κ3) is 3.96. The van der Waals surface area contributed by atoms with Crippen molar-refractivity contribution in [2.45, 2.75) is 26.4 Å². The maximum absolute atomic E-state index is 13.1. The van der Waals surface area contributed by atoms with Crippen molar-refractivity contribution in [2.24, 2.45) is 0 Å². The number of fused-ring (bicyclic) bond motifs is 1. The van der Waals surface area contributed by atoms with E-state index in [1.165, 1.54) is 0 Å². The number of aryl methyl sites for hydroxylation is 1. The molecule has 0 amide bonds. The van der Waals surface area contributed by atoms with Crippen LogP contribution in [0, 0.1) is 13.8 Å². The Hall–Kier alpha value is -2.84. The second-order valence-electron chi connectivity index (χ2n) is 6.39. The molecule has 3 aromatic rings. The van der Waals surface area contributed by atoms with Gasteiger partial charge in [0.1, 0.15) is 5.82 Å². The van der Waals surface area contributed by atoms with Crippen LogP contribution in [-0.2, 0) is 6.18 Å². The monoisotopic (exact) mass is 378 g/mol. The van der Waals surface area contributed by atoms with E-state index < -0.39 is 12.0 Å². The van der Waals surface area contributed by atoms with Crippen LogP contribution in [0.4, 0.5) is 24.7 Å². The molecule has 0 unspecified atom stereocenters. The van der Waals surface area contributed by atoms with E-state index in [0.29, 0.717) is 17.9 Å². The van der Waals surface area contributed by atoms with Crippen molar-refractivity contribution < 1.29 is 13.2 Å². The molecule has 0 bridgehead atoms. The van der Waals surface area contributed by atoms with Gasteiger partial charge in [0.25, 0.3) is 5.82 Å². The third-order valence-electron chi connectivity index (χ3n) is 4.51. The van der Waals surface area contributed by atoms with Gasteiger partial charge >= 0.3 is 6.18 Å². The van der Waals surface area contributed by atoms with Crippen LogP contribution in [0.5, 0.6) is 0 Å². The van der Waals surface area contributed by atoms with Crippen molar-refractivity contribution in [3.63, 3.8) is 0 Å². The van der Waals surface area contributed by atoms with Gasteiger partial charge < -0.3 is 10.2 Å². The van der Waals surface area contributed by atoms with Gasteiger partial charge in [0, 0.05) is 31.4 Å². The number of rotatable bonds is 6. The summed E-state index contributed by atoms with van der Waals surface area (Å²) in [5.74, 6) is -0.708. The fraction of sp³-hybridized carbons (Fsp3) is 0.389. The van der Waals surface area contributed by atoms with E-state index in [9.17, 15) is 13.2 Å². The van der Waals surface area contributed by atoms with Gasteiger partial charge in [0.15, 0.2) is 5.65 Å². The Balaban J connectivity index is 1.70. The molecule has 2 aromatic heterocycles. The zero-order chi connectivity index (χ0) is 19.6. The van der Waals surface area contributed by atoms with Crippen molar-refractivity contribution in [3.05, 3.63) is 47.3 Å². The molecule has 144 valence electrons. The molecule has 6 nitrogen and oxygen atoms in total. The van der Waals surface area contributed by atoms with Crippen LogP contribution < -0.4 is 10.2 Å². The Kier molecular flexibility index (Phi) is 5.20. The van der Waals surface area contributed by atoms with Crippen molar-refractivity contribution in [1.82, 2.24) is 19.8 Å². The Bertz CT molecular complexity index is 920. The molecule has 3 rings (SSSR count). The highest BCUT2D eigenvalue weighted by molar-refractivity contribution is 5.58. The minimum Gasteiger partial charge on any atom is -0.375 e. The summed E-state index contributed by atoms with van der Waals surface area (Å²) in [7, 11) is 2.00. The minimum atomic E-state index is -4.61. The number of alkyl halides is 3. The van der Waals surface area contributed by atoms with Gasteiger partial charge in [-0.2, -0.15) is 17.7 Å². The average molecular weight is 378 g/mol. The van der Waals surface area contributed by atoms with Crippen LogP contribution in [0.3, 0.4) is 0 Å². The van der Waals surface area contributed by atoms with Gasteiger partial charge in [0.2, 0.25) is 0 Å². The van der Waals surface area contributed by atoms with E-state index in [1.54, 1.807) is 6.92 Å². The average Bonchev–Trinajstić information content (AvgIpc) is 3.07. The zero-order valence-electron chi connectivity index (χ0n) is 15.4. The van der Waals surface area contributed by atoms with E-state index in [1.807, 2.05) is 44.3 Å². The van der Waals surface area contributed by atoms with Crippen molar-refractivity contribution in [2.75, 3.05) is 30.4 Å². The summed E-state index contributed by atoms with van der Waals surface area (Å²) in [5.41, 5.74) is 2.62. The van der Waals surface area contributed by atoms with Crippen molar-refractivity contribution >= 4 is 17.2 Å². The smallest absolute Gasteiger partial charge is 0.375 e. The summed E-state index contributed by atoms with van der Waals surface area (Å²) in [5, 5.41) is 14.1. The highest BCUT2D eigenvalue weighted by Gasteiger charge is 2.38. The van der Waals surface area contributed by atoms with E-state index in [4.69, 9.17) is 0 Å². The molecule has 0 saturated carbocycles. The molecule has 0 atom stereocenters. The van der Waals surface area contributed by atoms with Gasteiger partial charge in [-0.25, -0.2) is 0 Å². The first-order valence-electron chi connectivity index (χ1n) is 8.59. The summed E-state index contributed by atoms with van der Waals surface area (Å²) in [4.78, 5) is 2.12. The fourth-order valence-electron chi connectivity index (χ4n) is 2.81. The molecule has 0 aliphatic carbocycles. The Labute approximate surface area is 155 Å². The van der Waals surface area contributed by atoms with Crippen LogP contribution in [0.1, 0.15) is 23.4 Å². The highest BCUT2D eigenvalue weighted by Crippen LogP contribution is 2.29. The first-order valence-corrected chi connectivity index (χ1v) is 8.59. The van der Waals surface area contributed by atoms with Crippen LogP contribution >= 0.6 is 0 Å². The quantitative estimate of drug-likeness (QED) is 0.663. The zero-order valence-corrected chi connectivity index (χ0v) is 15.4. The van der Waals surface area contributed by atoms with E-state index in [-0.39, 0.29) is 5.65 Å². The predicted molar refractivity (Wildman–Crippen MR) is 98.1 cm³/mol. The summed E-state index contributed by atoms with van der Waals surface area (Å²) in [6.07, 6.45) is -3.80. The van der Waals surface area contributed by atoms with Crippen molar-refractivity contribution in [3.8, 4) is 0 Å². The molecular weight excluding hydrogens is 357 g/mol. The second kappa shape index (κ2) is 7.42. The molecule has 0 radical (unpaired) electrons. The summed E-state index contributed by atoms with van der Waals surface area (Å²) < 4.78 is 40.0. The molecule has 9 heteroatoms. The highest BCUT2D eigenvalue weighted by atomic mass is 19.4. The minimum absolute atomic E-state index is 0.120. The lowest BCUT2D eigenvalue weighted by atomic mass is 10.2. The molecular formula is C18H21F3N6. The van der Waals surface area contributed by atoms with E-state index in [0.717, 1.165) is 28.7 Å². The normalized spacial score (nSPS) is 11.8. The van der Waals surface area contributed by atoms with E-state index in [2.05, 4.69) is 25.5 Å². The molecule has 0 saturated heterocycles. The van der Waals surface area contributed by atoms with Crippen LogP contribution in [-0.4, -0.2) is 39.9 Å². The van der Waals surface area contributed by atoms with Gasteiger partial charge in [-0.15, -0.1) is 15.3 Å². The number of anilines is 2. The standard InChI is InChI=1S/C18H21F3N6/c1-12-13(2)16-23-24-17(18(19,20)21)27(16)25-15(12)22-10-7-11-26(3)14-8-5-4-6-9-14/h4-6,8-9H,7,10-11H2,1-3H3,(H,22,25). The molecule has 0 fully saturated rings. The Morgan fingerprint density at radius 3 is 2.44 bits per heavy atom. The first kappa shape index (κ1) is 18.9. The lowest BCUT2D eigenvalue weighted by Gasteiger charge is -2.19. The number of nitrogens with one attached hydrogen (secondary N) is 1. The molecule has 1 N–H and O–H groups in total. The number of nitrogens with zero attached hydrogens (tertiary/aromatic N) is 5. The lowest BCUT2D eigenvalue weighted by molar-refractivity contribution is -0.146. The number of para-hydroxylation sites is 1. The lowest BCUT2D eigenvalue weighted by Crippen LogP contribution is -2.21. The Morgan fingerprint density at radius 1 is 1.07 bits per heavy atom. The molecule has 0 spiro atoms. The summed E-state index contributed by atoms with van der Waals surface area (Å²) in [6, 6.07) is 9.98. The number of aromatic nitrogens is 4. The number of hydrogen-bond acceptors (Lipinski definition) is 5. The number of benzene rings is 1. The molecule has 2 heterocycles. The van der Waals surface area contributed by atoms with Crippen molar-refractivity contribution in [1.29, 1.82) is 0 Å². The predicted octanol–water partition coefficient (Wildman–Crippen LogP) is 3.70. The molecule has 0 aliphatic heterocycles. The largest absolute Gasteiger partial charge is 0.453 e. The molecule has 27 heavy (non-hydrogen) atoms. The topological polar surface area (TPSA) is 58.4 Å². The summed E-state index contributed by atoms with van der Waals surface area (Å²) >= 11 is 0. The van der Waals surface area contributed by atoms with Gasteiger partial charge in [0.05, 0.1) is 0 Å². The fourth-order valence-corrected chi connectivity index (χ4v) is 2.81.